The maximum absolute atomic E-state index is 3.87. The molecule has 0 spiro atoms. The first kappa shape index (κ1) is 13.9. The zero-order valence-electron chi connectivity index (χ0n) is 12.7. The maximum Gasteiger partial charge on any atom is 0.0111 e. The highest BCUT2D eigenvalue weighted by atomic mass is 15.2. The highest BCUT2D eigenvalue weighted by Crippen LogP contribution is 2.30. The zero-order chi connectivity index (χ0) is 13.1. The summed E-state index contributed by atoms with van der Waals surface area (Å²) in [5, 5.41) is 3.87. The third-order valence-corrected chi connectivity index (χ3v) is 5.94. The van der Waals surface area contributed by atoms with Gasteiger partial charge in [0.15, 0.2) is 0 Å². The Balaban J connectivity index is 1.32. The van der Waals surface area contributed by atoms with E-state index in [0.29, 0.717) is 0 Å². The number of nitrogens with zero attached hydrogens (tertiary/aromatic N) is 1. The summed E-state index contributed by atoms with van der Waals surface area (Å²) in [7, 11) is 0. The minimum atomic E-state index is 0.821. The molecular formula is C17H32N2. The van der Waals surface area contributed by atoms with E-state index in [0.717, 1.165) is 23.9 Å². The summed E-state index contributed by atoms with van der Waals surface area (Å²) in [6.45, 7) is 6.42. The fourth-order valence-corrected chi connectivity index (χ4v) is 4.52. The quantitative estimate of drug-likeness (QED) is 0.837. The van der Waals surface area contributed by atoms with E-state index in [4.69, 9.17) is 0 Å². The van der Waals surface area contributed by atoms with E-state index in [-0.39, 0.29) is 0 Å². The van der Waals surface area contributed by atoms with Crippen molar-refractivity contribution >= 4 is 0 Å². The number of hydrogen-bond donors (Lipinski definition) is 1. The summed E-state index contributed by atoms with van der Waals surface area (Å²) < 4.78 is 0. The molecule has 2 atom stereocenters. The number of rotatable bonds is 4. The standard InChI is InChI=1S/C17H32N2/c1-14-4-6-15(7-5-14)8-10-18-16-9-12-19-11-2-3-17(19)13-16/h14-18H,2-13H2,1H3. The molecule has 1 N–H and O–H groups in total. The lowest BCUT2D eigenvalue weighted by Gasteiger charge is -2.35. The Hall–Kier alpha value is -0.0800. The van der Waals surface area contributed by atoms with Crippen molar-refractivity contribution in [2.45, 2.75) is 76.8 Å². The van der Waals surface area contributed by atoms with Gasteiger partial charge in [-0.3, -0.25) is 0 Å². The van der Waals surface area contributed by atoms with E-state index in [1.165, 1.54) is 77.4 Å². The van der Waals surface area contributed by atoms with Gasteiger partial charge in [0, 0.05) is 12.1 Å². The second kappa shape index (κ2) is 6.58. The lowest BCUT2D eigenvalue weighted by molar-refractivity contribution is 0.165. The van der Waals surface area contributed by atoms with Crippen molar-refractivity contribution in [3.05, 3.63) is 0 Å². The molecule has 1 aliphatic carbocycles. The summed E-state index contributed by atoms with van der Waals surface area (Å²) in [4.78, 5) is 2.72. The van der Waals surface area contributed by atoms with Crippen molar-refractivity contribution in [3.63, 3.8) is 0 Å². The first-order valence-corrected chi connectivity index (χ1v) is 8.78. The smallest absolute Gasteiger partial charge is 0.0111 e. The normalized spacial score (nSPS) is 40.3. The van der Waals surface area contributed by atoms with Crippen LogP contribution < -0.4 is 5.32 Å². The van der Waals surface area contributed by atoms with Crippen LogP contribution in [0.4, 0.5) is 0 Å². The van der Waals surface area contributed by atoms with Gasteiger partial charge in [0.05, 0.1) is 0 Å². The van der Waals surface area contributed by atoms with Gasteiger partial charge in [0.1, 0.15) is 0 Å². The first-order valence-electron chi connectivity index (χ1n) is 8.78. The molecule has 0 aromatic rings. The van der Waals surface area contributed by atoms with Gasteiger partial charge in [-0.15, -0.1) is 0 Å². The van der Waals surface area contributed by atoms with E-state index in [1.807, 2.05) is 0 Å². The number of hydrogen-bond acceptors (Lipinski definition) is 2. The molecule has 0 aromatic carbocycles. The van der Waals surface area contributed by atoms with Gasteiger partial charge in [-0.1, -0.05) is 32.6 Å². The summed E-state index contributed by atoms with van der Waals surface area (Å²) in [6, 6.07) is 1.74. The topological polar surface area (TPSA) is 15.3 Å². The van der Waals surface area contributed by atoms with Gasteiger partial charge >= 0.3 is 0 Å². The molecule has 0 aromatic heterocycles. The van der Waals surface area contributed by atoms with E-state index >= 15 is 0 Å². The Kier molecular flexibility index (Phi) is 4.81. The Labute approximate surface area is 119 Å². The summed E-state index contributed by atoms with van der Waals surface area (Å²) in [6.07, 6.45) is 13.1. The summed E-state index contributed by atoms with van der Waals surface area (Å²) in [5.74, 6) is 2.02. The Bertz CT molecular complexity index is 270. The number of piperidine rings is 1. The lowest BCUT2D eigenvalue weighted by atomic mass is 9.81. The van der Waals surface area contributed by atoms with Gasteiger partial charge in [-0.25, -0.2) is 0 Å². The second-order valence-electron chi connectivity index (χ2n) is 7.42. The average Bonchev–Trinajstić information content (AvgIpc) is 2.88. The number of nitrogens with one attached hydrogen (secondary N) is 1. The molecule has 1 saturated carbocycles. The molecule has 0 radical (unpaired) electrons. The van der Waals surface area contributed by atoms with Crippen LogP contribution in [0.25, 0.3) is 0 Å². The van der Waals surface area contributed by atoms with Crippen LogP contribution in [-0.4, -0.2) is 36.6 Å². The molecule has 3 aliphatic rings. The van der Waals surface area contributed by atoms with Crippen LogP contribution in [-0.2, 0) is 0 Å². The first-order chi connectivity index (χ1) is 9.31. The van der Waals surface area contributed by atoms with Crippen LogP contribution >= 0.6 is 0 Å². The van der Waals surface area contributed by atoms with Crippen molar-refractivity contribution in [1.82, 2.24) is 10.2 Å². The molecule has 2 saturated heterocycles. The fraction of sp³-hybridized carbons (Fsp3) is 1.00. The largest absolute Gasteiger partial charge is 0.314 e. The van der Waals surface area contributed by atoms with Crippen molar-refractivity contribution in [2.24, 2.45) is 11.8 Å². The van der Waals surface area contributed by atoms with Gasteiger partial charge in [0.2, 0.25) is 0 Å². The van der Waals surface area contributed by atoms with E-state index in [2.05, 4.69) is 17.1 Å². The van der Waals surface area contributed by atoms with Crippen molar-refractivity contribution < 1.29 is 0 Å². The van der Waals surface area contributed by atoms with Gasteiger partial charge in [-0.2, -0.15) is 0 Å². The van der Waals surface area contributed by atoms with Crippen LogP contribution in [0.1, 0.15) is 64.7 Å². The van der Waals surface area contributed by atoms with E-state index in [1.54, 1.807) is 0 Å². The highest BCUT2D eigenvalue weighted by molar-refractivity contribution is 4.89. The van der Waals surface area contributed by atoms with Crippen molar-refractivity contribution in [3.8, 4) is 0 Å². The molecule has 2 aliphatic heterocycles. The van der Waals surface area contributed by atoms with Gasteiger partial charge < -0.3 is 10.2 Å². The van der Waals surface area contributed by atoms with Crippen LogP contribution in [0.2, 0.25) is 0 Å². The van der Waals surface area contributed by atoms with Crippen molar-refractivity contribution in [1.29, 1.82) is 0 Å². The summed E-state index contributed by atoms with van der Waals surface area (Å²) in [5.41, 5.74) is 0. The predicted octanol–water partition coefficient (Wildman–Crippen LogP) is 3.42. The minimum Gasteiger partial charge on any atom is -0.314 e. The Morgan fingerprint density at radius 3 is 2.68 bits per heavy atom. The Morgan fingerprint density at radius 1 is 1.00 bits per heavy atom. The molecule has 0 bridgehead atoms. The third-order valence-electron chi connectivity index (χ3n) is 5.94. The van der Waals surface area contributed by atoms with Crippen LogP contribution in [0, 0.1) is 11.8 Å². The summed E-state index contributed by atoms with van der Waals surface area (Å²) >= 11 is 0. The predicted molar refractivity (Wildman–Crippen MR) is 81.4 cm³/mol. The fourth-order valence-electron chi connectivity index (χ4n) is 4.52. The molecular weight excluding hydrogens is 232 g/mol. The molecule has 3 rings (SSSR count). The maximum atomic E-state index is 3.87. The third kappa shape index (κ3) is 3.72. The van der Waals surface area contributed by atoms with Crippen LogP contribution in [0.3, 0.4) is 0 Å². The lowest BCUT2D eigenvalue weighted by Crippen LogP contribution is -2.46. The van der Waals surface area contributed by atoms with Crippen molar-refractivity contribution in [2.75, 3.05) is 19.6 Å². The zero-order valence-corrected chi connectivity index (χ0v) is 12.7. The van der Waals surface area contributed by atoms with Gasteiger partial charge in [0.25, 0.3) is 0 Å². The molecule has 2 heteroatoms. The van der Waals surface area contributed by atoms with Crippen LogP contribution in [0.5, 0.6) is 0 Å². The molecule has 2 heterocycles. The molecule has 110 valence electrons. The van der Waals surface area contributed by atoms with Gasteiger partial charge in [-0.05, 0) is 63.6 Å². The van der Waals surface area contributed by atoms with E-state index in [9.17, 15) is 0 Å². The molecule has 2 nitrogen and oxygen atoms in total. The second-order valence-corrected chi connectivity index (χ2v) is 7.42. The highest BCUT2D eigenvalue weighted by Gasteiger charge is 2.31. The van der Waals surface area contributed by atoms with E-state index < -0.39 is 0 Å². The molecule has 0 amide bonds. The average molecular weight is 264 g/mol. The molecule has 3 fully saturated rings. The molecule has 2 unspecified atom stereocenters. The Morgan fingerprint density at radius 2 is 1.84 bits per heavy atom. The molecule has 19 heavy (non-hydrogen) atoms. The minimum absolute atomic E-state index is 0.821. The number of fused-ring (bicyclic) bond motifs is 1. The SMILES string of the molecule is CC1CCC(CCNC2CCN3CCCC3C2)CC1. The monoisotopic (exact) mass is 264 g/mol. The van der Waals surface area contributed by atoms with Crippen LogP contribution in [0.15, 0.2) is 0 Å².